The van der Waals surface area contributed by atoms with Crippen LogP contribution in [0.2, 0.25) is 5.02 Å². The average Bonchev–Trinajstić information content (AvgIpc) is 2.93. The zero-order valence-corrected chi connectivity index (χ0v) is 13.1. The Morgan fingerprint density at radius 2 is 2.39 bits per heavy atom. The van der Waals surface area contributed by atoms with Crippen LogP contribution in [-0.2, 0) is 6.54 Å². The van der Waals surface area contributed by atoms with E-state index in [0.717, 1.165) is 24.9 Å². The summed E-state index contributed by atoms with van der Waals surface area (Å²) in [4.78, 5) is 14.5. The number of imidazole rings is 1. The van der Waals surface area contributed by atoms with Crippen LogP contribution in [0.3, 0.4) is 0 Å². The first-order valence-electron chi connectivity index (χ1n) is 7.44. The average molecular weight is 337 g/mol. The van der Waals surface area contributed by atoms with Crippen LogP contribution in [0.15, 0.2) is 30.6 Å². The molecule has 1 aromatic heterocycles. The summed E-state index contributed by atoms with van der Waals surface area (Å²) < 4.78 is 1.86. The van der Waals surface area contributed by atoms with Gasteiger partial charge in [-0.15, -0.1) is 0 Å². The molecule has 7 nitrogen and oxygen atoms in total. The van der Waals surface area contributed by atoms with Crippen molar-refractivity contribution in [2.24, 2.45) is 0 Å². The molecule has 1 aliphatic heterocycles. The van der Waals surface area contributed by atoms with E-state index in [9.17, 15) is 15.2 Å². The highest BCUT2D eigenvalue weighted by Crippen LogP contribution is 2.31. The van der Waals surface area contributed by atoms with Crippen molar-refractivity contribution in [2.75, 3.05) is 6.54 Å². The van der Waals surface area contributed by atoms with Crippen molar-refractivity contribution in [3.05, 3.63) is 45.7 Å². The Morgan fingerprint density at radius 1 is 1.57 bits per heavy atom. The fourth-order valence-electron chi connectivity index (χ4n) is 2.79. The minimum Gasteiger partial charge on any atom is -0.391 e. The van der Waals surface area contributed by atoms with Gasteiger partial charge in [0.1, 0.15) is 10.5 Å². The Labute approximate surface area is 137 Å². The van der Waals surface area contributed by atoms with Crippen molar-refractivity contribution in [1.29, 1.82) is 0 Å². The summed E-state index contributed by atoms with van der Waals surface area (Å²) >= 11 is 6.05. The minimum atomic E-state index is -0.517. The molecule has 0 bridgehead atoms. The number of rotatable bonds is 4. The van der Waals surface area contributed by atoms with Crippen molar-refractivity contribution < 1.29 is 10.0 Å². The Bertz CT molecular complexity index is 759. The Balaban J connectivity index is 1.78. The number of aliphatic hydroxyl groups is 1. The maximum Gasteiger partial charge on any atom is 0.290 e. The Hall–Kier alpha value is -1.96. The van der Waals surface area contributed by atoms with Gasteiger partial charge in [-0.2, -0.15) is 0 Å². The van der Waals surface area contributed by atoms with Crippen molar-refractivity contribution in [3.8, 4) is 0 Å². The molecule has 0 radical (unpaired) electrons. The zero-order chi connectivity index (χ0) is 16.4. The van der Waals surface area contributed by atoms with E-state index in [1.807, 2.05) is 16.7 Å². The predicted octanol–water partition coefficient (Wildman–Crippen LogP) is 2.27. The molecule has 0 aliphatic carbocycles. The summed E-state index contributed by atoms with van der Waals surface area (Å²) in [5.41, 5.74) is 1.02. The van der Waals surface area contributed by atoms with Crippen LogP contribution in [0.4, 0.5) is 5.69 Å². The van der Waals surface area contributed by atoms with E-state index in [1.54, 1.807) is 12.4 Å². The van der Waals surface area contributed by atoms with Gasteiger partial charge in [0.25, 0.3) is 5.69 Å². The fourth-order valence-corrected chi connectivity index (χ4v) is 3.06. The van der Waals surface area contributed by atoms with Crippen molar-refractivity contribution in [3.63, 3.8) is 0 Å². The lowest BCUT2D eigenvalue weighted by Gasteiger charge is -2.26. The number of piperidine rings is 1. The van der Waals surface area contributed by atoms with Gasteiger partial charge < -0.3 is 15.0 Å². The van der Waals surface area contributed by atoms with Gasteiger partial charge in [-0.05, 0) is 25.5 Å². The minimum absolute atomic E-state index is 0.0387. The molecule has 23 heavy (non-hydrogen) atoms. The van der Waals surface area contributed by atoms with E-state index in [-0.39, 0.29) is 22.9 Å². The summed E-state index contributed by atoms with van der Waals surface area (Å²) in [6, 6.07) is 3.00. The molecule has 0 spiro atoms. The first-order valence-corrected chi connectivity index (χ1v) is 7.81. The molecule has 0 amide bonds. The van der Waals surface area contributed by atoms with Crippen LogP contribution < -0.4 is 5.32 Å². The summed E-state index contributed by atoms with van der Waals surface area (Å²) in [6.07, 6.45) is 6.92. The van der Waals surface area contributed by atoms with Crippen LogP contribution in [-0.4, -0.2) is 38.3 Å². The van der Waals surface area contributed by atoms with Gasteiger partial charge in [0.15, 0.2) is 0 Å². The number of nitrogens with one attached hydrogen (secondary N) is 1. The van der Waals surface area contributed by atoms with Crippen molar-refractivity contribution >= 4 is 28.3 Å². The Morgan fingerprint density at radius 3 is 3.13 bits per heavy atom. The molecule has 0 unspecified atom stereocenters. The van der Waals surface area contributed by atoms with E-state index in [0.29, 0.717) is 12.1 Å². The number of halogens is 1. The predicted molar refractivity (Wildman–Crippen MR) is 87.6 cm³/mol. The van der Waals surface area contributed by atoms with E-state index >= 15 is 0 Å². The number of aliphatic hydroxyl groups excluding tert-OH is 1. The molecule has 2 atom stereocenters. The standard InChI is InChI=1S/C15H17ClN4O3/c16-14-11(20(22)23)5-6-12-15(14)18-9-19(12)8-2-3-10-13(21)4-1-7-17-10/h2-3,5-6,9-10,13,17,21H,1,4,7-8H2/b3-2+/t10-,13+/m1/s1. The number of nitro groups is 1. The number of hydrogen-bond donors (Lipinski definition) is 2. The lowest BCUT2D eigenvalue weighted by molar-refractivity contribution is -0.384. The van der Waals surface area contributed by atoms with Crippen molar-refractivity contribution in [2.45, 2.75) is 31.5 Å². The van der Waals surface area contributed by atoms with E-state index < -0.39 is 4.92 Å². The van der Waals surface area contributed by atoms with Gasteiger partial charge in [-0.1, -0.05) is 23.8 Å². The molecule has 1 fully saturated rings. The largest absolute Gasteiger partial charge is 0.391 e. The molecule has 3 rings (SSSR count). The maximum atomic E-state index is 10.9. The third kappa shape index (κ3) is 3.21. The normalized spacial score (nSPS) is 22.0. The molecule has 2 heterocycles. The van der Waals surface area contributed by atoms with Crippen LogP contribution in [0.1, 0.15) is 12.8 Å². The van der Waals surface area contributed by atoms with Crippen LogP contribution in [0.25, 0.3) is 11.0 Å². The second-order valence-corrected chi connectivity index (χ2v) is 5.92. The molecule has 8 heteroatoms. The van der Waals surface area contributed by atoms with E-state index in [4.69, 9.17) is 11.6 Å². The molecule has 2 aromatic rings. The molecule has 1 aromatic carbocycles. The first-order chi connectivity index (χ1) is 11.1. The van der Waals surface area contributed by atoms with Gasteiger partial charge in [0, 0.05) is 12.6 Å². The van der Waals surface area contributed by atoms with E-state index in [2.05, 4.69) is 10.3 Å². The smallest absolute Gasteiger partial charge is 0.290 e. The molecule has 2 N–H and O–H groups in total. The number of nitrogens with zero attached hydrogens (tertiary/aromatic N) is 3. The highest BCUT2D eigenvalue weighted by atomic mass is 35.5. The number of nitro benzene ring substituents is 1. The van der Waals surface area contributed by atoms with Crippen LogP contribution >= 0.6 is 11.6 Å². The number of allylic oxidation sites excluding steroid dienone is 1. The molecular weight excluding hydrogens is 320 g/mol. The topological polar surface area (TPSA) is 93.2 Å². The third-order valence-electron chi connectivity index (χ3n) is 4.02. The van der Waals surface area contributed by atoms with Crippen LogP contribution in [0, 0.1) is 10.1 Å². The lowest BCUT2D eigenvalue weighted by atomic mass is 10.0. The SMILES string of the molecule is O=[N+]([O-])c1ccc2c(ncn2C/C=C/[C@H]2NCCC[C@@H]2O)c1Cl. The second kappa shape index (κ2) is 6.66. The van der Waals surface area contributed by atoms with Gasteiger partial charge in [0.05, 0.1) is 28.9 Å². The second-order valence-electron chi connectivity index (χ2n) is 5.54. The highest BCUT2D eigenvalue weighted by Gasteiger charge is 2.20. The summed E-state index contributed by atoms with van der Waals surface area (Å²) in [5.74, 6) is 0. The van der Waals surface area contributed by atoms with Gasteiger partial charge in [0.2, 0.25) is 0 Å². The number of hydrogen-bond acceptors (Lipinski definition) is 5. The van der Waals surface area contributed by atoms with Crippen LogP contribution in [0.5, 0.6) is 0 Å². The highest BCUT2D eigenvalue weighted by molar-refractivity contribution is 6.37. The monoisotopic (exact) mass is 336 g/mol. The molecule has 122 valence electrons. The summed E-state index contributed by atoms with van der Waals surface area (Å²) in [5, 5.41) is 24.1. The Kier molecular flexibility index (Phi) is 4.61. The molecule has 1 aliphatic rings. The first kappa shape index (κ1) is 15.9. The third-order valence-corrected chi connectivity index (χ3v) is 4.40. The maximum absolute atomic E-state index is 10.9. The lowest BCUT2D eigenvalue weighted by Crippen LogP contribution is -2.43. The van der Waals surface area contributed by atoms with Gasteiger partial charge >= 0.3 is 0 Å². The van der Waals surface area contributed by atoms with E-state index in [1.165, 1.54) is 6.07 Å². The number of aromatic nitrogens is 2. The molecule has 0 saturated carbocycles. The van der Waals surface area contributed by atoms with Crippen molar-refractivity contribution in [1.82, 2.24) is 14.9 Å². The molecular formula is C15H17ClN4O3. The fraction of sp³-hybridized carbons (Fsp3) is 0.400. The molecule has 1 saturated heterocycles. The van der Waals surface area contributed by atoms with Gasteiger partial charge in [-0.3, -0.25) is 10.1 Å². The number of fused-ring (bicyclic) bond motifs is 1. The zero-order valence-electron chi connectivity index (χ0n) is 12.4. The quantitative estimate of drug-likeness (QED) is 0.507. The van der Waals surface area contributed by atoms with Gasteiger partial charge in [-0.25, -0.2) is 4.98 Å². The summed E-state index contributed by atoms with van der Waals surface area (Å²) in [6.45, 7) is 1.45. The number of benzene rings is 1. The summed E-state index contributed by atoms with van der Waals surface area (Å²) in [7, 11) is 0.